The van der Waals surface area contributed by atoms with Crippen LogP contribution in [0.3, 0.4) is 0 Å². The minimum Gasteiger partial charge on any atom is -0.481 e. The lowest BCUT2D eigenvalue weighted by molar-refractivity contribution is -0.136. The second-order valence-corrected chi connectivity index (χ2v) is 9.15. The normalized spacial score (nSPS) is 11.9. The predicted molar refractivity (Wildman–Crippen MR) is 142 cm³/mol. The molecule has 0 fully saturated rings. The number of nitrogens with one attached hydrogen (secondary N) is 2. The first kappa shape index (κ1) is 32.6. The monoisotopic (exact) mass is 534 g/mol. The van der Waals surface area contributed by atoms with Crippen LogP contribution in [0.2, 0.25) is 0 Å². The standard InChI is InChI=1S/2C8H5NO2.C6H12O2S2.C2H6.CH2O/c2*10-7-5-3-1-2-4-6(5)8(11)9-7;1-2-4-9-10-5-3-6(7)8;2*1-2/h2*1-4H,(H,9,10,11);2-5H2,1H3,(H,7,8);1-2H3;1H2. The van der Waals surface area contributed by atoms with Crippen LogP contribution in [0.4, 0.5) is 0 Å². The first-order valence-electron chi connectivity index (χ1n) is 11.0. The molecule has 2 aromatic carbocycles. The van der Waals surface area contributed by atoms with Crippen molar-refractivity contribution in [3.63, 3.8) is 0 Å². The quantitative estimate of drug-likeness (QED) is 0.281. The van der Waals surface area contributed by atoms with Gasteiger partial charge in [0, 0.05) is 11.5 Å². The number of benzene rings is 2. The molecule has 2 aromatic rings. The summed E-state index contributed by atoms with van der Waals surface area (Å²) in [6, 6.07) is 13.5. The van der Waals surface area contributed by atoms with Crippen LogP contribution in [-0.4, -0.2) is 53.0 Å². The molecule has 0 bridgehead atoms. The molecule has 11 heteroatoms. The Kier molecular flexibility index (Phi) is 17.0. The van der Waals surface area contributed by atoms with Crippen molar-refractivity contribution in [3.05, 3.63) is 70.8 Å². The Morgan fingerprint density at radius 1 is 0.722 bits per heavy atom. The number of carboxylic acid groups (broad SMARTS) is 1. The largest absolute Gasteiger partial charge is 0.481 e. The third-order valence-corrected chi connectivity index (χ3v) is 6.67. The van der Waals surface area contributed by atoms with Crippen molar-refractivity contribution in [1.82, 2.24) is 10.6 Å². The Balaban J connectivity index is 0.000000478. The molecule has 0 atom stereocenters. The maximum absolute atomic E-state index is 10.9. The van der Waals surface area contributed by atoms with Crippen molar-refractivity contribution in [2.45, 2.75) is 33.6 Å². The van der Waals surface area contributed by atoms with Gasteiger partial charge in [0.2, 0.25) is 0 Å². The number of carbonyl (C=O) groups excluding carboxylic acids is 5. The summed E-state index contributed by atoms with van der Waals surface area (Å²) < 4.78 is 0. The lowest BCUT2D eigenvalue weighted by atomic mass is 10.1. The molecule has 2 aliphatic heterocycles. The molecular formula is C25H30N2O7S2. The number of carboxylic acids is 1. The zero-order valence-corrected chi connectivity index (χ0v) is 22.0. The van der Waals surface area contributed by atoms with Gasteiger partial charge in [-0.15, -0.1) is 0 Å². The molecule has 9 nitrogen and oxygen atoms in total. The van der Waals surface area contributed by atoms with E-state index >= 15 is 0 Å². The number of hydrogen-bond acceptors (Lipinski definition) is 8. The summed E-state index contributed by atoms with van der Waals surface area (Å²) in [5.41, 5.74) is 1.88. The van der Waals surface area contributed by atoms with Gasteiger partial charge < -0.3 is 9.90 Å². The summed E-state index contributed by atoms with van der Waals surface area (Å²) in [4.78, 5) is 61.8. The summed E-state index contributed by atoms with van der Waals surface area (Å²) in [6.45, 7) is 8.12. The lowest BCUT2D eigenvalue weighted by Crippen LogP contribution is -2.19. The third kappa shape index (κ3) is 10.9. The van der Waals surface area contributed by atoms with Crippen LogP contribution in [0, 0.1) is 0 Å². The number of carbonyl (C=O) groups is 6. The molecular weight excluding hydrogens is 504 g/mol. The molecule has 2 aliphatic rings. The van der Waals surface area contributed by atoms with Gasteiger partial charge in [0.15, 0.2) is 0 Å². The molecule has 0 aliphatic carbocycles. The molecule has 4 rings (SSSR count). The van der Waals surface area contributed by atoms with Crippen LogP contribution in [0.1, 0.15) is 75.0 Å². The Morgan fingerprint density at radius 3 is 1.31 bits per heavy atom. The molecule has 0 saturated carbocycles. The summed E-state index contributed by atoms with van der Waals surface area (Å²) in [6.07, 6.45) is 1.44. The fourth-order valence-corrected chi connectivity index (χ4v) is 4.68. The highest BCUT2D eigenvalue weighted by Crippen LogP contribution is 2.22. The molecule has 0 saturated heterocycles. The minimum atomic E-state index is -0.704. The van der Waals surface area contributed by atoms with Crippen molar-refractivity contribution >= 4 is 58.0 Å². The van der Waals surface area contributed by atoms with Crippen molar-refractivity contribution in [1.29, 1.82) is 0 Å². The van der Waals surface area contributed by atoms with Gasteiger partial charge in [-0.05, 0) is 30.7 Å². The summed E-state index contributed by atoms with van der Waals surface area (Å²) in [7, 11) is 3.39. The molecule has 2 heterocycles. The number of imide groups is 2. The maximum Gasteiger partial charge on any atom is 0.304 e. The topological polar surface area (TPSA) is 147 Å². The lowest BCUT2D eigenvalue weighted by Gasteiger charge is -1.94. The Bertz CT molecular complexity index is 909. The van der Waals surface area contributed by atoms with E-state index < -0.39 is 5.97 Å². The number of hydrogen-bond donors (Lipinski definition) is 3. The van der Waals surface area contributed by atoms with E-state index in [2.05, 4.69) is 17.6 Å². The summed E-state index contributed by atoms with van der Waals surface area (Å²) in [5, 5.41) is 12.7. The number of aliphatic carboxylic acids is 1. The molecule has 194 valence electrons. The van der Waals surface area contributed by atoms with Gasteiger partial charge in [-0.1, -0.05) is 66.6 Å². The Labute approximate surface area is 218 Å². The van der Waals surface area contributed by atoms with Gasteiger partial charge >= 0.3 is 5.97 Å². The first-order chi connectivity index (χ1) is 17.3. The highest BCUT2D eigenvalue weighted by Gasteiger charge is 2.25. The average Bonchev–Trinajstić information content (AvgIpc) is 3.36. The third-order valence-electron chi connectivity index (χ3n) is 4.06. The van der Waals surface area contributed by atoms with Gasteiger partial charge in [0.1, 0.15) is 6.79 Å². The SMILES string of the molecule is C=O.CC.CCCSSCCC(=O)O.O=C1NC(=O)c2ccccc21.O=C1NC(=O)c2ccccc21. The zero-order chi connectivity index (χ0) is 27.5. The Hall–Kier alpha value is -3.44. The van der Waals surface area contributed by atoms with Gasteiger partial charge in [-0.3, -0.25) is 34.6 Å². The van der Waals surface area contributed by atoms with Crippen molar-refractivity contribution in [3.8, 4) is 0 Å². The van der Waals surface area contributed by atoms with E-state index in [1.165, 1.54) is 0 Å². The maximum atomic E-state index is 10.9. The van der Waals surface area contributed by atoms with Gasteiger partial charge in [-0.25, -0.2) is 0 Å². The van der Waals surface area contributed by atoms with E-state index in [0.29, 0.717) is 22.3 Å². The molecule has 0 aromatic heterocycles. The van der Waals surface area contributed by atoms with E-state index in [1.54, 1.807) is 70.1 Å². The number of fused-ring (bicyclic) bond motifs is 2. The molecule has 0 spiro atoms. The molecule has 0 radical (unpaired) electrons. The fraction of sp³-hybridized carbons (Fsp3) is 0.280. The van der Waals surface area contributed by atoms with E-state index in [4.69, 9.17) is 9.90 Å². The highest BCUT2D eigenvalue weighted by molar-refractivity contribution is 8.76. The molecule has 3 N–H and O–H groups in total. The van der Waals surface area contributed by atoms with E-state index in [1.807, 2.05) is 20.6 Å². The van der Waals surface area contributed by atoms with Gasteiger partial charge in [0.25, 0.3) is 23.6 Å². The van der Waals surface area contributed by atoms with Crippen molar-refractivity contribution in [2.24, 2.45) is 0 Å². The van der Waals surface area contributed by atoms with Crippen LogP contribution in [0.15, 0.2) is 48.5 Å². The highest BCUT2D eigenvalue weighted by atomic mass is 33.1. The van der Waals surface area contributed by atoms with E-state index in [9.17, 15) is 24.0 Å². The van der Waals surface area contributed by atoms with Gasteiger partial charge in [-0.2, -0.15) is 0 Å². The number of amides is 4. The van der Waals surface area contributed by atoms with Crippen LogP contribution < -0.4 is 10.6 Å². The molecule has 4 amide bonds. The van der Waals surface area contributed by atoms with Crippen LogP contribution in [0.25, 0.3) is 0 Å². The second kappa shape index (κ2) is 18.8. The van der Waals surface area contributed by atoms with Crippen LogP contribution >= 0.6 is 21.6 Å². The minimum absolute atomic E-state index is 0.279. The molecule has 36 heavy (non-hydrogen) atoms. The summed E-state index contributed by atoms with van der Waals surface area (Å²) in [5.74, 6) is -0.0680. The van der Waals surface area contributed by atoms with Crippen molar-refractivity contribution in [2.75, 3.05) is 11.5 Å². The number of rotatable bonds is 6. The van der Waals surface area contributed by atoms with E-state index in [-0.39, 0.29) is 30.0 Å². The Morgan fingerprint density at radius 2 is 1.03 bits per heavy atom. The van der Waals surface area contributed by atoms with Crippen molar-refractivity contribution < 1.29 is 33.9 Å². The average molecular weight is 535 g/mol. The first-order valence-corrected chi connectivity index (χ1v) is 13.5. The van der Waals surface area contributed by atoms with Crippen LogP contribution in [0.5, 0.6) is 0 Å². The second-order valence-electron chi connectivity index (χ2n) is 6.45. The van der Waals surface area contributed by atoms with Gasteiger partial charge in [0.05, 0.1) is 28.7 Å². The zero-order valence-electron chi connectivity index (χ0n) is 20.4. The summed E-state index contributed by atoms with van der Waals surface area (Å²) >= 11 is 0. The van der Waals surface area contributed by atoms with E-state index in [0.717, 1.165) is 17.9 Å². The fourth-order valence-electron chi connectivity index (χ4n) is 2.56. The smallest absolute Gasteiger partial charge is 0.304 e. The predicted octanol–water partition coefficient (Wildman–Crippen LogP) is 4.23. The molecule has 0 unspecified atom stereocenters. The van der Waals surface area contributed by atoms with Crippen LogP contribution in [-0.2, 0) is 9.59 Å².